The summed E-state index contributed by atoms with van der Waals surface area (Å²) in [6.07, 6.45) is 0. The molecule has 0 saturated carbocycles. The second-order valence-corrected chi connectivity index (χ2v) is 7.83. The summed E-state index contributed by atoms with van der Waals surface area (Å²) in [7, 11) is -0.0444. The second-order valence-electron chi connectivity index (χ2n) is 5.54. The number of hydrogen-bond acceptors (Lipinski definition) is 6. The van der Waals surface area contributed by atoms with Gasteiger partial charge in [0, 0.05) is 5.02 Å². The normalized spacial score (nSPS) is 11.0. The van der Waals surface area contributed by atoms with Crippen molar-refractivity contribution in [2.75, 3.05) is 32.2 Å². The van der Waals surface area contributed by atoms with Gasteiger partial charge in [0.1, 0.15) is 18.0 Å². The zero-order chi connectivity index (χ0) is 20.2. The van der Waals surface area contributed by atoms with Gasteiger partial charge in [0.05, 0.1) is 31.9 Å². The Balaban J connectivity index is 2.65. The predicted molar refractivity (Wildman–Crippen MR) is 102 cm³/mol. The van der Waals surface area contributed by atoms with Crippen molar-refractivity contribution in [1.29, 1.82) is 0 Å². The SMILES string of the molecule is COC(=O)CN(c1cc(Cl)ccc1OC)S(=O)(=O)c1ccc(OC)c(C)c1. The maximum Gasteiger partial charge on any atom is 0.326 e. The molecule has 0 unspecified atom stereocenters. The first-order valence-corrected chi connectivity index (χ1v) is 9.64. The summed E-state index contributed by atoms with van der Waals surface area (Å²) in [5.41, 5.74) is 0.763. The molecule has 0 aliphatic heterocycles. The molecule has 2 aromatic rings. The van der Waals surface area contributed by atoms with Crippen LogP contribution in [0, 0.1) is 6.92 Å². The lowest BCUT2D eigenvalue weighted by Crippen LogP contribution is -2.36. The molecule has 0 spiro atoms. The van der Waals surface area contributed by atoms with Crippen LogP contribution in [0.15, 0.2) is 41.3 Å². The van der Waals surface area contributed by atoms with Gasteiger partial charge < -0.3 is 14.2 Å². The summed E-state index contributed by atoms with van der Waals surface area (Å²) in [5, 5.41) is 0.293. The molecule has 0 saturated heterocycles. The van der Waals surface area contributed by atoms with Crippen molar-refractivity contribution in [3.63, 3.8) is 0 Å². The summed E-state index contributed by atoms with van der Waals surface area (Å²) in [6.45, 7) is 1.18. The molecule has 0 bridgehead atoms. The number of esters is 1. The van der Waals surface area contributed by atoms with Gasteiger partial charge in [-0.2, -0.15) is 0 Å². The van der Waals surface area contributed by atoms with Crippen LogP contribution < -0.4 is 13.8 Å². The van der Waals surface area contributed by atoms with E-state index in [0.29, 0.717) is 16.3 Å². The Hall–Kier alpha value is -2.45. The molecule has 27 heavy (non-hydrogen) atoms. The number of rotatable bonds is 7. The van der Waals surface area contributed by atoms with Gasteiger partial charge in [-0.3, -0.25) is 9.10 Å². The number of hydrogen-bond donors (Lipinski definition) is 0. The van der Waals surface area contributed by atoms with Crippen LogP contribution in [-0.2, 0) is 19.6 Å². The molecule has 0 aliphatic rings. The third kappa shape index (κ3) is 4.45. The molecule has 9 heteroatoms. The highest BCUT2D eigenvalue weighted by Gasteiger charge is 2.30. The van der Waals surface area contributed by atoms with Crippen LogP contribution in [-0.4, -0.2) is 42.3 Å². The number of sulfonamides is 1. The molecule has 146 valence electrons. The zero-order valence-electron chi connectivity index (χ0n) is 15.4. The van der Waals surface area contributed by atoms with E-state index in [1.54, 1.807) is 19.1 Å². The first-order chi connectivity index (χ1) is 12.7. The quantitative estimate of drug-likeness (QED) is 0.649. The van der Waals surface area contributed by atoms with Crippen molar-refractivity contribution in [1.82, 2.24) is 0 Å². The summed E-state index contributed by atoms with van der Waals surface area (Å²) in [6, 6.07) is 8.92. The van der Waals surface area contributed by atoms with Crippen LogP contribution in [0.5, 0.6) is 11.5 Å². The molecular formula is C18H20ClNO6S. The fourth-order valence-corrected chi connectivity index (χ4v) is 4.14. The van der Waals surface area contributed by atoms with E-state index in [1.807, 2.05) is 0 Å². The van der Waals surface area contributed by atoms with Gasteiger partial charge in [0.2, 0.25) is 0 Å². The first-order valence-electron chi connectivity index (χ1n) is 7.82. The largest absolute Gasteiger partial charge is 0.496 e. The van der Waals surface area contributed by atoms with Gasteiger partial charge in [0.15, 0.2) is 0 Å². The summed E-state index contributed by atoms with van der Waals surface area (Å²) in [4.78, 5) is 11.9. The summed E-state index contributed by atoms with van der Waals surface area (Å²) >= 11 is 6.04. The number of aryl methyl sites for hydroxylation is 1. The molecule has 0 aromatic heterocycles. The zero-order valence-corrected chi connectivity index (χ0v) is 16.9. The van der Waals surface area contributed by atoms with Crippen LogP contribution in [0.25, 0.3) is 0 Å². The number of halogens is 1. The Morgan fingerprint density at radius 2 is 1.67 bits per heavy atom. The highest BCUT2D eigenvalue weighted by molar-refractivity contribution is 7.92. The Morgan fingerprint density at radius 1 is 1.04 bits per heavy atom. The van der Waals surface area contributed by atoms with Crippen molar-refractivity contribution >= 4 is 33.3 Å². The molecule has 2 aromatic carbocycles. The maximum absolute atomic E-state index is 13.3. The minimum Gasteiger partial charge on any atom is -0.496 e. The Morgan fingerprint density at radius 3 is 2.22 bits per heavy atom. The van der Waals surface area contributed by atoms with Crippen LogP contribution in [0.4, 0.5) is 5.69 Å². The molecule has 0 amide bonds. The molecule has 2 rings (SSSR count). The molecule has 7 nitrogen and oxygen atoms in total. The van der Waals surface area contributed by atoms with Gasteiger partial charge in [-0.1, -0.05) is 11.6 Å². The summed E-state index contributed by atoms with van der Waals surface area (Å²) < 4.78 is 42.6. The minimum atomic E-state index is -4.12. The fraction of sp³-hybridized carbons (Fsp3) is 0.278. The van der Waals surface area contributed by atoms with Crippen LogP contribution in [0.1, 0.15) is 5.56 Å². The summed E-state index contributed by atoms with van der Waals surface area (Å²) in [5.74, 6) is 0.0664. The predicted octanol–water partition coefficient (Wildman–Crippen LogP) is 3.03. The average Bonchev–Trinajstić information content (AvgIpc) is 2.65. The second kappa shape index (κ2) is 8.49. The Kier molecular flexibility index (Phi) is 6.56. The average molecular weight is 414 g/mol. The van der Waals surface area contributed by atoms with Crippen molar-refractivity contribution in [2.24, 2.45) is 0 Å². The number of anilines is 1. The van der Waals surface area contributed by atoms with Gasteiger partial charge in [-0.15, -0.1) is 0 Å². The number of ether oxygens (including phenoxy) is 3. The highest BCUT2D eigenvalue weighted by atomic mass is 35.5. The highest BCUT2D eigenvalue weighted by Crippen LogP contribution is 2.35. The number of benzene rings is 2. The van der Waals surface area contributed by atoms with Gasteiger partial charge in [0.25, 0.3) is 10.0 Å². The molecule has 0 aliphatic carbocycles. The number of carbonyl (C=O) groups excluding carboxylic acids is 1. The third-order valence-corrected chi connectivity index (χ3v) is 5.86. The lowest BCUT2D eigenvalue weighted by Gasteiger charge is -2.25. The smallest absolute Gasteiger partial charge is 0.326 e. The van der Waals surface area contributed by atoms with E-state index in [2.05, 4.69) is 4.74 Å². The Bertz CT molecular complexity index is 945. The van der Waals surface area contributed by atoms with Crippen LogP contribution in [0.2, 0.25) is 5.02 Å². The van der Waals surface area contributed by atoms with Gasteiger partial charge in [-0.05, 0) is 48.9 Å². The lowest BCUT2D eigenvalue weighted by atomic mass is 10.2. The molecule has 0 radical (unpaired) electrons. The van der Waals surface area contributed by atoms with E-state index >= 15 is 0 Å². The molecular weight excluding hydrogens is 394 g/mol. The molecule has 0 fully saturated rings. The topological polar surface area (TPSA) is 82.1 Å². The first kappa shape index (κ1) is 20.9. The van der Waals surface area contributed by atoms with E-state index in [0.717, 1.165) is 4.31 Å². The van der Waals surface area contributed by atoms with Gasteiger partial charge in [-0.25, -0.2) is 8.42 Å². The van der Waals surface area contributed by atoms with E-state index in [4.69, 9.17) is 21.1 Å². The van der Waals surface area contributed by atoms with Crippen molar-refractivity contribution in [3.8, 4) is 11.5 Å². The van der Waals surface area contributed by atoms with E-state index < -0.39 is 22.5 Å². The standard InChI is InChI=1S/C18H20ClNO6S/c1-12-9-14(6-8-16(12)24-2)27(22,23)20(11-18(21)26-4)15-10-13(19)5-7-17(15)25-3/h5-10H,11H2,1-4H3. The third-order valence-electron chi connectivity index (χ3n) is 3.86. The van der Waals surface area contributed by atoms with Crippen LogP contribution >= 0.6 is 11.6 Å². The number of nitrogens with zero attached hydrogens (tertiary/aromatic N) is 1. The molecule has 0 N–H and O–H groups in total. The monoisotopic (exact) mass is 413 g/mol. The number of methoxy groups -OCH3 is 3. The Labute approximate surface area is 163 Å². The maximum atomic E-state index is 13.3. The van der Waals surface area contributed by atoms with Gasteiger partial charge >= 0.3 is 5.97 Å². The van der Waals surface area contributed by atoms with Crippen molar-refractivity contribution < 1.29 is 27.4 Å². The van der Waals surface area contributed by atoms with Crippen LogP contribution in [0.3, 0.4) is 0 Å². The number of carbonyl (C=O) groups is 1. The van der Waals surface area contributed by atoms with E-state index in [1.165, 1.54) is 45.6 Å². The molecule has 0 heterocycles. The molecule has 0 atom stereocenters. The van der Waals surface area contributed by atoms with E-state index in [9.17, 15) is 13.2 Å². The van der Waals surface area contributed by atoms with Crippen molar-refractivity contribution in [2.45, 2.75) is 11.8 Å². The minimum absolute atomic E-state index is 0.00766. The van der Waals surface area contributed by atoms with Crippen molar-refractivity contribution in [3.05, 3.63) is 47.0 Å². The fourth-order valence-electron chi connectivity index (χ4n) is 2.48. The van der Waals surface area contributed by atoms with E-state index in [-0.39, 0.29) is 16.3 Å². The lowest BCUT2D eigenvalue weighted by molar-refractivity contribution is -0.138.